The van der Waals surface area contributed by atoms with Crippen LogP contribution in [0.25, 0.3) is 33.3 Å². The molecule has 35 heavy (non-hydrogen) atoms. The number of carbonyl (C=O) groups excluding carboxylic acids is 1. The maximum atomic E-state index is 15.5. The molecule has 10 heteroatoms. The number of nitriles is 1. The van der Waals surface area contributed by atoms with Crippen molar-refractivity contribution < 1.29 is 22.4 Å². The molecule has 1 heterocycles. The Labute approximate surface area is 200 Å². The predicted molar refractivity (Wildman–Crippen MR) is 123 cm³/mol. The highest BCUT2D eigenvalue weighted by Crippen LogP contribution is 2.35. The van der Waals surface area contributed by atoms with Gasteiger partial charge in [0.25, 0.3) is 5.91 Å². The van der Waals surface area contributed by atoms with Gasteiger partial charge in [0.05, 0.1) is 33.8 Å². The minimum absolute atomic E-state index is 0.1000. The van der Waals surface area contributed by atoms with Crippen LogP contribution in [0.2, 0.25) is 5.02 Å². The maximum absolute atomic E-state index is 15.5. The lowest BCUT2D eigenvalue weighted by molar-refractivity contribution is 0.0818. The van der Waals surface area contributed by atoms with Gasteiger partial charge >= 0.3 is 0 Å². The molecule has 0 atom stereocenters. The molecule has 0 radical (unpaired) electrons. The normalized spacial score (nSPS) is 10.9. The van der Waals surface area contributed by atoms with E-state index in [1.807, 2.05) is 6.07 Å². The number of pyridine rings is 1. The molecule has 1 N–H and O–H groups in total. The third kappa shape index (κ3) is 4.02. The van der Waals surface area contributed by atoms with Crippen molar-refractivity contribution in [2.24, 2.45) is 0 Å². The number of nitrogens with zero attached hydrogens (tertiary/aromatic N) is 2. The smallest absolute Gasteiger partial charge is 0.259 e. The van der Waals surface area contributed by atoms with Crippen molar-refractivity contribution in [3.63, 3.8) is 0 Å². The highest BCUT2D eigenvalue weighted by atomic mass is 35.5. The van der Waals surface area contributed by atoms with Gasteiger partial charge in [-0.3, -0.25) is 9.59 Å². The number of hydrogen-bond acceptors (Lipinski definition) is 3. The Bertz CT molecular complexity index is 1640. The molecule has 4 aromatic rings. The van der Waals surface area contributed by atoms with Gasteiger partial charge in [-0.25, -0.2) is 17.6 Å². The number of benzene rings is 3. The lowest BCUT2D eigenvalue weighted by atomic mass is 9.97. The van der Waals surface area contributed by atoms with Gasteiger partial charge in [-0.1, -0.05) is 11.6 Å². The summed E-state index contributed by atoms with van der Waals surface area (Å²) in [6, 6.07) is 9.54. The van der Waals surface area contributed by atoms with Crippen LogP contribution in [-0.2, 0) is 0 Å². The number of hydrogen-bond donors (Lipinski definition) is 1. The molecule has 4 rings (SSSR count). The van der Waals surface area contributed by atoms with Crippen molar-refractivity contribution in [3.05, 3.63) is 92.1 Å². The average molecular weight is 500 g/mol. The molecule has 0 saturated heterocycles. The second kappa shape index (κ2) is 8.89. The van der Waals surface area contributed by atoms with E-state index in [9.17, 15) is 14.0 Å². The number of H-pyrrole nitrogens is 1. The Kier molecular flexibility index (Phi) is 6.09. The first-order chi connectivity index (χ1) is 16.5. The zero-order valence-corrected chi connectivity index (χ0v) is 18.9. The van der Waals surface area contributed by atoms with E-state index >= 15 is 13.2 Å². The molecule has 0 spiro atoms. The van der Waals surface area contributed by atoms with Crippen molar-refractivity contribution in [1.29, 1.82) is 5.26 Å². The topological polar surface area (TPSA) is 77.0 Å². The van der Waals surface area contributed by atoms with Gasteiger partial charge in [-0.2, -0.15) is 5.26 Å². The summed E-state index contributed by atoms with van der Waals surface area (Å²) in [6.45, 7) is 0. The number of rotatable bonds is 3. The van der Waals surface area contributed by atoms with Crippen LogP contribution < -0.4 is 5.43 Å². The number of fused-ring (bicyclic) bond motifs is 1. The molecule has 1 aromatic heterocycles. The molecule has 0 unspecified atom stereocenters. The predicted octanol–water partition coefficient (Wildman–Crippen LogP) is 5.65. The van der Waals surface area contributed by atoms with Crippen LogP contribution in [0.3, 0.4) is 0 Å². The second-order valence-electron chi connectivity index (χ2n) is 7.81. The first-order valence-electron chi connectivity index (χ1n) is 10.00. The molecular formula is C25H14ClF4N3O2. The zero-order chi connectivity index (χ0) is 25.6. The fraction of sp³-hybridized carbons (Fsp3) is 0.0800. The Hall–Kier alpha value is -4.16. The molecule has 1 amide bonds. The van der Waals surface area contributed by atoms with Gasteiger partial charge in [-0.15, -0.1) is 0 Å². The Morgan fingerprint density at radius 2 is 1.69 bits per heavy atom. The quantitative estimate of drug-likeness (QED) is 0.370. The van der Waals surface area contributed by atoms with E-state index in [4.69, 9.17) is 16.9 Å². The van der Waals surface area contributed by atoms with Crippen molar-refractivity contribution in [1.82, 2.24) is 9.88 Å². The molecule has 0 aliphatic heterocycles. The molecule has 5 nitrogen and oxygen atoms in total. The largest absolute Gasteiger partial charge is 0.354 e. The van der Waals surface area contributed by atoms with Crippen LogP contribution in [0.5, 0.6) is 0 Å². The third-order valence-corrected chi connectivity index (χ3v) is 5.71. The SMILES string of the molecule is CN(C)C(=O)c1c(F)ccc(-c2c(F)cc3[nH]c(-c4cc(C#N)ccc4Cl)cc(=O)c3c2F)c1F. The highest BCUT2D eigenvalue weighted by Gasteiger charge is 2.27. The molecule has 0 bridgehead atoms. The van der Waals surface area contributed by atoms with Crippen molar-refractivity contribution in [2.75, 3.05) is 14.1 Å². The van der Waals surface area contributed by atoms with Crippen LogP contribution >= 0.6 is 11.6 Å². The first-order valence-corrected chi connectivity index (χ1v) is 10.4. The van der Waals surface area contributed by atoms with E-state index in [1.165, 1.54) is 32.3 Å². The van der Waals surface area contributed by atoms with Crippen LogP contribution in [0.1, 0.15) is 15.9 Å². The number of halogens is 5. The summed E-state index contributed by atoms with van der Waals surface area (Å²) in [7, 11) is 2.53. The van der Waals surface area contributed by atoms with Gasteiger partial charge in [0.1, 0.15) is 28.8 Å². The van der Waals surface area contributed by atoms with Gasteiger partial charge in [0.15, 0.2) is 5.43 Å². The van der Waals surface area contributed by atoms with E-state index in [1.54, 1.807) is 0 Å². The molecule has 0 aliphatic carbocycles. The summed E-state index contributed by atoms with van der Waals surface area (Å²) in [6.07, 6.45) is 0. The maximum Gasteiger partial charge on any atom is 0.259 e. The minimum Gasteiger partial charge on any atom is -0.354 e. The van der Waals surface area contributed by atoms with E-state index in [-0.39, 0.29) is 27.4 Å². The number of aromatic nitrogens is 1. The molecule has 0 aliphatic rings. The summed E-state index contributed by atoms with van der Waals surface area (Å²) in [5, 5.41) is 8.72. The lowest BCUT2D eigenvalue weighted by Crippen LogP contribution is -2.24. The first kappa shape index (κ1) is 24.0. The Morgan fingerprint density at radius 1 is 0.971 bits per heavy atom. The lowest BCUT2D eigenvalue weighted by Gasteiger charge is -2.15. The van der Waals surface area contributed by atoms with Gasteiger partial charge in [0, 0.05) is 36.3 Å². The fourth-order valence-electron chi connectivity index (χ4n) is 3.70. The van der Waals surface area contributed by atoms with Gasteiger partial charge < -0.3 is 9.88 Å². The number of amides is 1. The van der Waals surface area contributed by atoms with Crippen LogP contribution in [0, 0.1) is 34.6 Å². The number of aromatic amines is 1. The number of carbonyl (C=O) groups is 1. The molecule has 176 valence electrons. The van der Waals surface area contributed by atoms with Crippen molar-refractivity contribution >= 4 is 28.4 Å². The fourth-order valence-corrected chi connectivity index (χ4v) is 3.92. The molecule has 0 fully saturated rings. The number of nitrogens with one attached hydrogen (secondary N) is 1. The highest BCUT2D eigenvalue weighted by molar-refractivity contribution is 6.33. The van der Waals surface area contributed by atoms with E-state index in [2.05, 4.69) is 4.98 Å². The van der Waals surface area contributed by atoms with Crippen LogP contribution in [0.15, 0.2) is 47.3 Å². The van der Waals surface area contributed by atoms with E-state index < -0.39 is 56.7 Å². The van der Waals surface area contributed by atoms with Crippen LogP contribution in [-0.4, -0.2) is 29.9 Å². The van der Waals surface area contributed by atoms with Gasteiger partial charge in [-0.05, 0) is 36.4 Å². The molecular weight excluding hydrogens is 486 g/mol. The van der Waals surface area contributed by atoms with E-state index in [0.29, 0.717) is 0 Å². The average Bonchev–Trinajstić information content (AvgIpc) is 2.80. The molecule has 0 saturated carbocycles. The third-order valence-electron chi connectivity index (χ3n) is 5.38. The summed E-state index contributed by atoms with van der Waals surface area (Å²) in [4.78, 5) is 28.7. The summed E-state index contributed by atoms with van der Waals surface area (Å²) < 4.78 is 60.0. The Morgan fingerprint density at radius 3 is 2.34 bits per heavy atom. The second-order valence-corrected chi connectivity index (χ2v) is 8.21. The standard InChI is InChI=1S/C25H14ClF4N3O2/c1-33(2)25(35)21-15(27)6-4-12(23(21)29)20-16(28)8-18-22(24(20)30)19(34)9-17(32-18)13-7-11(10-31)3-5-14(13)26/h3-9H,1-2H3,(H,32,34). The zero-order valence-electron chi connectivity index (χ0n) is 18.1. The monoisotopic (exact) mass is 499 g/mol. The summed E-state index contributed by atoms with van der Waals surface area (Å²) >= 11 is 6.17. The minimum atomic E-state index is -1.46. The van der Waals surface area contributed by atoms with Crippen molar-refractivity contribution in [3.8, 4) is 28.5 Å². The van der Waals surface area contributed by atoms with Crippen LogP contribution in [0.4, 0.5) is 17.6 Å². The van der Waals surface area contributed by atoms with Gasteiger partial charge in [0.2, 0.25) is 0 Å². The molecule has 3 aromatic carbocycles. The van der Waals surface area contributed by atoms with Crippen molar-refractivity contribution in [2.45, 2.75) is 0 Å². The van der Waals surface area contributed by atoms with E-state index in [0.717, 1.165) is 29.2 Å². The summed E-state index contributed by atoms with van der Waals surface area (Å²) in [5.41, 5.74) is -3.16. The Balaban J connectivity index is 1.98. The summed E-state index contributed by atoms with van der Waals surface area (Å²) in [5.74, 6) is -6.35.